The predicted octanol–water partition coefficient (Wildman–Crippen LogP) is 2.30. The van der Waals surface area contributed by atoms with E-state index in [0.717, 1.165) is 24.5 Å². The minimum atomic E-state index is -0.281. The molecule has 1 saturated heterocycles. The SMILES string of the molecule is CC(C(=O)N1CCN(c2cccnn2)CC1)C(N)c1ccccc1.Cl.Cl. The molecule has 0 bridgehead atoms. The number of hydrogen-bond acceptors (Lipinski definition) is 5. The molecule has 26 heavy (non-hydrogen) atoms. The zero-order valence-corrected chi connectivity index (χ0v) is 16.3. The summed E-state index contributed by atoms with van der Waals surface area (Å²) in [5.41, 5.74) is 7.29. The average molecular weight is 398 g/mol. The third kappa shape index (κ3) is 5.06. The van der Waals surface area contributed by atoms with Gasteiger partial charge in [-0.25, -0.2) is 0 Å². The van der Waals surface area contributed by atoms with Crippen LogP contribution in [-0.4, -0.2) is 47.2 Å². The molecule has 2 unspecified atom stereocenters. The highest BCUT2D eigenvalue weighted by molar-refractivity contribution is 5.85. The lowest BCUT2D eigenvalue weighted by molar-refractivity contribution is -0.136. The summed E-state index contributed by atoms with van der Waals surface area (Å²) in [4.78, 5) is 16.8. The maximum absolute atomic E-state index is 12.8. The van der Waals surface area contributed by atoms with Crippen molar-refractivity contribution in [3.63, 3.8) is 0 Å². The number of hydrogen-bond donors (Lipinski definition) is 1. The van der Waals surface area contributed by atoms with Gasteiger partial charge in [0.15, 0.2) is 5.82 Å². The Balaban J connectivity index is 0.00000169. The maximum atomic E-state index is 12.8. The number of nitrogens with two attached hydrogens (primary N) is 1. The summed E-state index contributed by atoms with van der Waals surface area (Å²) in [6.45, 7) is 4.80. The standard InChI is InChI=1S/C18H23N5O.2ClH/c1-14(17(19)15-6-3-2-4-7-15)18(24)23-12-10-22(11-13-23)16-8-5-9-20-21-16;;/h2-9,14,17H,10-13,19H2,1H3;2*1H. The number of benzene rings is 1. The van der Waals surface area contributed by atoms with E-state index in [-0.39, 0.29) is 42.7 Å². The number of piperazine rings is 1. The summed E-state index contributed by atoms with van der Waals surface area (Å²) in [5, 5.41) is 8.04. The molecule has 3 rings (SSSR count). The number of amides is 1. The van der Waals surface area contributed by atoms with Crippen molar-refractivity contribution in [2.24, 2.45) is 11.7 Å². The fourth-order valence-corrected chi connectivity index (χ4v) is 3.02. The monoisotopic (exact) mass is 397 g/mol. The number of carbonyl (C=O) groups excluding carboxylic acids is 1. The third-order valence-corrected chi connectivity index (χ3v) is 4.59. The fourth-order valence-electron chi connectivity index (χ4n) is 3.02. The van der Waals surface area contributed by atoms with Crippen LogP contribution in [-0.2, 0) is 4.79 Å². The molecule has 0 spiro atoms. The quantitative estimate of drug-likeness (QED) is 0.856. The molecule has 0 saturated carbocycles. The zero-order valence-electron chi connectivity index (χ0n) is 14.7. The summed E-state index contributed by atoms with van der Waals surface area (Å²) < 4.78 is 0. The van der Waals surface area contributed by atoms with Gasteiger partial charge in [-0.1, -0.05) is 37.3 Å². The van der Waals surface area contributed by atoms with E-state index in [1.165, 1.54) is 0 Å². The maximum Gasteiger partial charge on any atom is 0.227 e. The number of nitrogens with zero attached hydrogens (tertiary/aromatic N) is 4. The number of aromatic nitrogens is 2. The average Bonchev–Trinajstić information content (AvgIpc) is 2.68. The normalized spacial score (nSPS) is 16.1. The third-order valence-electron chi connectivity index (χ3n) is 4.59. The van der Waals surface area contributed by atoms with Gasteiger partial charge in [-0.15, -0.1) is 29.9 Å². The number of rotatable bonds is 4. The van der Waals surface area contributed by atoms with E-state index < -0.39 is 0 Å². The van der Waals surface area contributed by atoms with E-state index in [0.29, 0.717) is 13.1 Å². The smallest absolute Gasteiger partial charge is 0.227 e. The van der Waals surface area contributed by atoms with Crippen LogP contribution in [0.3, 0.4) is 0 Å². The summed E-state index contributed by atoms with van der Waals surface area (Å²) >= 11 is 0. The van der Waals surface area contributed by atoms with Gasteiger partial charge in [-0.3, -0.25) is 4.79 Å². The summed E-state index contributed by atoms with van der Waals surface area (Å²) in [7, 11) is 0. The molecule has 1 aliphatic heterocycles. The van der Waals surface area contributed by atoms with Gasteiger partial charge in [0.2, 0.25) is 5.91 Å². The summed E-state index contributed by atoms with van der Waals surface area (Å²) in [5.74, 6) is 0.735. The van der Waals surface area contributed by atoms with Crippen LogP contribution in [0.25, 0.3) is 0 Å². The topological polar surface area (TPSA) is 75.4 Å². The number of anilines is 1. The van der Waals surface area contributed by atoms with Gasteiger partial charge in [0.1, 0.15) is 0 Å². The number of carbonyl (C=O) groups is 1. The van der Waals surface area contributed by atoms with E-state index in [9.17, 15) is 4.79 Å². The molecule has 6 nitrogen and oxygen atoms in total. The molecule has 2 heterocycles. The van der Waals surface area contributed by atoms with Crippen LogP contribution >= 0.6 is 24.8 Å². The summed E-state index contributed by atoms with van der Waals surface area (Å²) in [6.07, 6.45) is 1.66. The van der Waals surface area contributed by atoms with Crippen molar-refractivity contribution in [3.05, 3.63) is 54.2 Å². The molecule has 1 fully saturated rings. The lowest BCUT2D eigenvalue weighted by Crippen LogP contribution is -2.51. The first-order valence-electron chi connectivity index (χ1n) is 8.29. The van der Waals surface area contributed by atoms with Crippen LogP contribution in [0.1, 0.15) is 18.5 Å². The van der Waals surface area contributed by atoms with Gasteiger partial charge in [-0.05, 0) is 17.7 Å². The molecule has 1 aromatic heterocycles. The molecule has 1 amide bonds. The van der Waals surface area contributed by atoms with Crippen LogP contribution in [0.2, 0.25) is 0 Å². The van der Waals surface area contributed by atoms with Gasteiger partial charge >= 0.3 is 0 Å². The van der Waals surface area contributed by atoms with Crippen molar-refractivity contribution >= 4 is 36.5 Å². The fraction of sp³-hybridized carbons (Fsp3) is 0.389. The second kappa shape index (κ2) is 10.3. The van der Waals surface area contributed by atoms with Gasteiger partial charge in [0.05, 0.1) is 5.92 Å². The van der Waals surface area contributed by atoms with Crippen LogP contribution in [0.4, 0.5) is 5.82 Å². The van der Waals surface area contributed by atoms with Crippen LogP contribution in [0, 0.1) is 5.92 Å². The lowest BCUT2D eigenvalue weighted by Gasteiger charge is -2.37. The van der Waals surface area contributed by atoms with Crippen molar-refractivity contribution in [2.45, 2.75) is 13.0 Å². The molecular weight excluding hydrogens is 373 g/mol. The van der Waals surface area contributed by atoms with E-state index >= 15 is 0 Å². The van der Waals surface area contributed by atoms with Crippen molar-refractivity contribution in [1.29, 1.82) is 0 Å². The largest absolute Gasteiger partial charge is 0.352 e. The first kappa shape index (κ1) is 22.2. The highest BCUT2D eigenvalue weighted by Gasteiger charge is 2.29. The van der Waals surface area contributed by atoms with Crippen LogP contribution < -0.4 is 10.6 Å². The highest BCUT2D eigenvalue weighted by atomic mass is 35.5. The first-order valence-corrected chi connectivity index (χ1v) is 8.29. The zero-order chi connectivity index (χ0) is 16.9. The molecule has 0 aliphatic carbocycles. The van der Waals surface area contributed by atoms with E-state index in [1.54, 1.807) is 6.20 Å². The van der Waals surface area contributed by atoms with Gasteiger partial charge in [-0.2, -0.15) is 5.10 Å². The molecule has 1 aliphatic rings. The first-order chi connectivity index (χ1) is 11.7. The Kier molecular flexibility index (Phi) is 8.78. The Hall–Kier alpha value is -1.89. The lowest BCUT2D eigenvalue weighted by atomic mass is 9.94. The molecule has 2 N–H and O–H groups in total. The number of halogens is 2. The van der Waals surface area contributed by atoms with E-state index in [4.69, 9.17) is 5.73 Å². The van der Waals surface area contributed by atoms with Crippen molar-refractivity contribution in [1.82, 2.24) is 15.1 Å². The minimum Gasteiger partial charge on any atom is -0.352 e. The molecule has 8 heteroatoms. The van der Waals surface area contributed by atoms with Crippen LogP contribution in [0.15, 0.2) is 48.7 Å². The van der Waals surface area contributed by atoms with Gasteiger partial charge < -0.3 is 15.5 Å². The Bertz CT molecular complexity index is 666. The van der Waals surface area contributed by atoms with Crippen molar-refractivity contribution in [3.8, 4) is 0 Å². The van der Waals surface area contributed by atoms with Gasteiger partial charge in [0.25, 0.3) is 0 Å². The molecule has 142 valence electrons. The second-order valence-electron chi connectivity index (χ2n) is 6.12. The summed E-state index contributed by atoms with van der Waals surface area (Å²) in [6, 6.07) is 13.3. The Labute approximate surface area is 166 Å². The Morgan fingerprint density at radius 1 is 1.04 bits per heavy atom. The van der Waals surface area contributed by atoms with Crippen molar-refractivity contribution in [2.75, 3.05) is 31.1 Å². The van der Waals surface area contributed by atoms with E-state index in [1.807, 2.05) is 54.3 Å². The van der Waals surface area contributed by atoms with E-state index in [2.05, 4.69) is 15.1 Å². The molecule has 0 radical (unpaired) electrons. The molecule has 1 aromatic carbocycles. The minimum absolute atomic E-state index is 0. The molecule has 2 aromatic rings. The van der Waals surface area contributed by atoms with Crippen molar-refractivity contribution < 1.29 is 4.79 Å². The van der Waals surface area contributed by atoms with Crippen LogP contribution in [0.5, 0.6) is 0 Å². The highest BCUT2D eigenvalue weighted by Crippen LogP contribution is 2.22. The van der Waals surface area contributed by atoms with Gasteiger partial charge in [0, 0.05) is 38.4 Å². The molecular formula is C18H25Cl2N5O. The Morgan fingerprint density at radius 2 is 1.69 bits per heavy atom. The molecule has 2 atom stereocenters. The Morgan fingerprint density at radius 3 is 2.27 bits per heavy atom. The second-order valence-corrected chi connectivity index (χ2v) is 6.12. The predicted molar refractivity (Wildman–Crippen MR) is 108 cm³/mol.